The molecule has 3 fully saturated rings. The Bertz CT molecular complexity index is 341. The van der Waals surface area contributed by atoms with Crippen molar-refractivity contribution in [2.45, 2.75) is 64.3 Å². The molecular weight excluding hydrogens is 238 g/mol. The Kier molecular flexibility index (Phi) is 3.23. The highest BCUT2D eigenvalue weighted by atomic mass is 16.5. The van der Waals surface area contributed by atoms with Crippen molar-refractivity contribution in [2.24, 2.45) is 17.8 Å². The summed E-state index contributed by atoms with van der Waals surface area (Å²) in [5.74, 6) is 2.08. The SMILES string of the molecule is CC1(C)OC(C)(C)C(CN2CC3CCCC3C2)C1O. The van der Waals surface area contributed by atoms with E-state index in [1.807, 2.05) is 13.8 Å². The van der Waals surface area contributed by atoms with E-state index < -0.39 is 5.60 Å². The van der Waals surface area contributed by atoms with Crippen molar-refractivity contribution >= 4 is 0 Å². The molecule has 3 nitrogen and oxygen atoms in total. The molecular formula is C16H29NO2. The Balaban J connectivity index is 1.66. The molecule has 2 heterocycles. The van der Waals surface area contributed by atoms with Crippen molar-refractivity contribution in [3.05, 3.63) is 0 Å². The monoisotopic (exact) mass is 267 g/mol. The van der Waals surface area contributed by atoms with Crippen molar-refractivity contribution in [1.29, 1.82) is 0 Å². The summed E-state index contributed by atoms with van der Waals surface area (Å²) in [4.78, 5) is 2.58. The van der Waals surface area contributed by atoms with E-state index in [0.717, 1.165) is 18.4 Å². The number of likely N-dealkylation sites (tertiary alicyclic amines) is 1. The fraction of sp³-hybridized carbons (Fsp3) is 1.00. The van der Waals surface area contributed by atoms with Gasteiger partial charge in [-0.3, -0.25) is 0 Å². The van der Waals surface area contributed by atoms with Crippen molar-refractivity contribution in [2.75, 3.05) is 19.6 Å². The van der Waals surface area contributed by atoms with Gasteiger partial charge in [-0.1, -0.05) is 6.42 Å². The fourth-order valence-electron chi connectivity index (χ4n) is 4.76. The highest BCUT2D eigenvalue weighted by molar-refractivity contribution is 5.03. The number of aliphatic hydroxyl groups excluding tert-OH is 1. The summed E-state index contributed by atoms with van der Waals surface area (Å²) in [6, 6.07) is 0. The molecule has 0 spiro atoms. The third kappa shape index (κ3) is 2.34. The van der Waals surface area contributed by atoms with E-state index in [4.69, 9.17) is 4.74 Å². The molecule has 0 bridgehead atoms. The minimum absolute atomic E-state index is 0.222. The molecule has 0 aromatic rings. The maximum atomic E-state index is 10.6. The van der Waals surface area contributed by atoms with E-state index in [1.54, 1.807) is 0 Å². The number of ether oxygens (including phenoxy) is 1. The van der Waals surface area contributed by atoms with Gasteiger partial charge in [0.2, 0.25) is 0 Å². The first-order valence-electron chi connectivity index (χ1n) is 7.90. The summed E-state index contributed by atoms with van der Waals surface area (Å²) in [7, 11) is 0. The average Bonchev–Trinajstić information content (AvgIpc) is 2.85. The smallest absolute Gasteiger partial charge is 0.0896 e. The molecule has 0 aromatic carbocycles. The molecule has 3 heteroatoms. The molecule has 1 saturated carbocycles. The zero-order chi connectivity index (χ0) is 13.8. The summed E-state index contributed by atoms with van der Waals surface area (Å²) in [5, 5.41) is 10.6. The second kappa shape index (κ2) is 4.44. The van der Waals surface area contributed by atoms with E-state index in [9.17, 15) is 5.11 Å². The Morgan fingerprint density at radius 3 is 2.11 bits per heavy atom. The van der Waals surface area contributed by atoms with Gasteiger partial charge in [0.1, 0.15) is 0 Å². The van der Waals surface area contributed by atoms with Crippen LogP contribution in [-0.4, -0.2) is 46.9 Å². The summed E-state index contributed by atoms with van der Waals surface area (Å²) in [6.45, 7) is 11.8. The van der Waals surface area contributed by atoms with Crippen LogP contribution in [0.1, 0.15) is 47.0 Å². The third-order valence-corrected chi connectivity index (χ3v) is 5.77. The molecule has 0 radical (unpaired) electrons. The van der Waals surface area contributed by atoms with Crippen LogP contribution in [0.15, 0.2) is 0 Å². The molecule has 110 valence electrons. The number of hydrogen-bond acceptors (Lipinski definition) is 3. The molecule has 3 rings (SSSR count). The van der Waals surface area contributed by atoms with Crippen LogP contribution >= 0.6 is 0 Å². The van der Waals surface area contributed by atoms with Crippen LogP contribution in [-0.2, 0) is 4.74 Å². The number of fused-ring (bicyclic) bond motifs is 1. The number of hydrogen-bond donors (Lipinski definition) is 1. The standard InChI is InChI=1S/C16H29NO2/c1-15(2)13(14(18)16(3,4)19-15)10-17-8-11-6-5-7-12(11)9-17/h11-14,18H,5-10H2,1-4H3. The van der Waals surface area contributed by atoms with Crippen LogP contribution in [0, 0.1) is 17.8 Å². The van der Waals surface area contributed by atoms with Gasteiger partial charge in [-0.2, -0.15) is 0 Å². The Hall–Kier alpha value is -0.120. The molecule has 0 amide bonds. The summed E-state index contributed by atoms with van der Waals surface area (Å²) >= 11 is 0. The fourth-order valence-corrected chi connectivity index (χ4v) is 4.76. The molecule has 4 atom stereocenters. The first-order valence-corrected chi connectivity index (χ1v) is 7.90. The first kappa shape index (κ1) is 13.8. The molecule has 2 aliphatic heterocycles. The van der Waals surface area contributed by atoms with E-state index >= 15 is 0 Å². The van der Waals surface area contributed by atoms with E-state index in [2.05, 4.69) is 18.7 Å². The van der Waals surface area contributed by atoms with Crippen molar-refractivity contribution in [3.8, 4) is 0 Å². The zero-order valence-corrected chi connectivity index (χ0v) is 12.9. The largest absolute Gasteiger partial charge is 0.390 e. The topological polar surface area (TPSA) is 32.7 Å². The van der Waals surface area contributed by atoms with Gasteiger partial charge < -0.3 is 14.7 Å². The summed E-state index contributed by atoms with van der Waals surface area (Å²) < 4.78 is 6.09. The highest BCUT2D eigenvalue weighted by Gasteiger charge is 2.54. The van der Waals surface area contributed by atoms with E-state index in [1.165, 1.54) is 32.4 Å². The van der Waals surface area contributed by atoms with Gasteiger partial charge in [-0.05, 0) is 52.4 Å². The van der Waals surface area contributed by atoms with Crippen LogP contribution in [0.3, 0.4) is 0 Å². The lowest BCUT2D eigenvalue weighted by molar-refractivity contribution is -0.0913. The van der Waals surface area contributed by atoms with Crippen LogP contribution in [0.4, 0.5) is 0 Å². The Morgan fingerprint density at radius 2 is 1.63 bits per heavy atom. The van der Waals surface area contributed by atoms with Crippen molar-refractivity contribution in [1.82, 2.24) is 4.90 Å². The van der Waals surface area contributed by atoms with Gasteiger partial charge >= 0.3 is 0 Å². The van der Waals surface area contributed by atoms with E-state index in [-0.39, 0.29) is 17.6 Å². The number of rotatable bonds is 2. The van der Waals surface area contributed by atoms with Crippen molar-refractivity contribution in [3.63, 3.8) is 0 Å². The minimum Gasteiger partial charge on any atom is -0.390 e. The third-order valence-electron chi connectivity index (χ3n) is 5.77. The lowest BCUT2D eigenvalue weighted by atomic mass is 9.84. The van der Waals surface area contributed by atoms with Crippen LogP contribution in [0.5, 0.6) is 0 Å². The van der Waals surface area contributed by atoms with Gasteiger partial charge in [0, 0.05) is 25.6 Å². The highest BCUT2D eigenvalue weighted by Crippen LogP contribution is 2.44. The van der Waals surface area contributed by atoms with Gasteiger partial charge in [0.15, 0.2) is 0 Å². The molecule has 1 aliphatic carbocycles. The zero-order valence-electron chi connectivity index (χ0n) is 12.9. The maximum absolute atomic E-state index is 10.6. The van der Waals surface area contributed by atoms with Gasteiger partial charge in [0.25, 0.3) is 0 Å². The molecule has 3 aliphatic rings. The lowest BCUT2D eigenvalue weighted by Gasteiger charge is -2.31. The molecule has 19 heavy (non-hydrogen) atoms. The van der Waals surface area contributed by atoms with Gasteiger partial charge in [-0.15, -0.1) is 0 Å². The van der Waals surface area contributed by atoms with Gasteiger partial charge in [0.05, 0.1) is 17.3 Å². The summed E-state index contributed by atoms with van der Waals surface area (Å²) in [5.41, 5.74) is -0.635. The van der Waals surface area contributed by atoms with Crippen LogP contribution < -0.4 is 0 Å². The normalized spacial score (nSPS) is 44.7. The molecule has 1 N–H and O–H groups in total. The second-order valence-corrected chi connectivity index (χ2v) is 8.03. The number of nitrogens with zero attached hydrogens (tertiary/aromatic N) is 1. The average molecular weight is 267 g/mol. The summed E-state index contributed by atoms with van der Waals surface area (Å²) in [6.07, 6.45) is 3.90. The predicted molar refractivity (Wildman–Crippen MR) is 76.0 cm³/mol. The van der Waals surface area contributed by atoms with Crippen molar-refractivity contribution < 1.29 is 9.84 Å². The molecule has 4 unspecified atom stereocenters. The van der Waals surface area contributed by atoms with E-state index in [0.29, 0.717) is 0 Å². The number of aliphatic hydroxyl groups is 1. The van der Waals surface area contributed by atoms with Crippen LogP contribution in [0.25, 0.3) is 0 Å². The second-order valence-electron chi connectivity index (χ2n) is 8.03. The quantitative estimate of drug-likeness (QED) is 0.833. The molecule has 2 saturated heterocycles. The minimum atomic E-state index is -0.413. The lowest BCUT2D eigenvalue weighted by Crippen LogP contribution is -2.43. The maximum Gasteiger partial charge on any atom is 0.0896 e. The molecule has 0 aromatic heterocycles. The predicted octanol–water partition coefficient (Wildman–Crippen LogP) is 2.28. The Morgan fingerprint density at radius 1 is 1.05 bits per heavy atom. The Labute approximate surface area is 117 Å². The van der Waals surface area contributed by atoms with Crippen LogP contribution in [0.2, 0.25) is 0 Å². The first-order chi connectivity index (χ1) is 8.79. The van der Waals surface area contributed by atoms with Gasteiger partial charge in [-0.25, -0.2) is 0 Å².